The molecule has 1 aliphatic carbocycles. The van der Waals surface area contributed by atoms with Gasteiger partial charge in [-0.2, -0.15) is 0 Å². The van der Waals surface area contributed by atoms with Gasteiger partial charge in [-0.05, 0) is 140 Å². The number of hydrogen-bond donors (Lipinski definition) is 2. The van der Waals surface area contributed by atoms with Crippen molar-refractivity contribution in [3.63, 3.8) is 0 Å². The number of pyridine rings is 1. The number of piperidine rings is 1. The number of para-hydroxylation sites is 1. The van der Waals surface area contributed by atoms with Crippen molar-refractivity contribution in [3.05, 3.63) is 178 Å². The molecule has 0 radical (unpaired) electrons. The number of nitrogens with zero attached hydrogens (tertiary/aromatic N) is 6. The largest absolute Gasteiger partial charge is 0.372 e. The molecule has 11 rings (SSSR count). The lowest BCUT2D eigenvalue weighted by Crippen LogP contribution is -2.46. The summed E-state index contributed by atoms with van der Waals surface area (Å²) in [5.41, 5.74) is 14.0. The third kappa shape index (κ3) is 11.2. The van der Waals surface area contributed by atoms with Gasteiger partial charge in [0.25, 0.3) is 0 Å². The second-order valence-corrected chi connectivity index (χ2v) is 25.1. The molecule has 3 aromatic heterocycles. The molecule has 0 spiro atoms. The van der Waals surface area contributed by atoms with Crippen LogP contribution in [0.25, 0.3) is 51.0 Å². The highest BCUT2D eigenvalue weighted by molar-refractivity contribution is 7.22. The molecule has 2 saturated heterocycles. The minimum atomic E-state index is -0.220. The maximum absolute atomic E-state index is 15.9. The van der Waals surface area contributed by atoms with Gasteiger partial charge in [0.1, 0.15) is 17.3 Å². The third-order valence-corrected chi connectivity index (χ3v) is 18.4. The lowest BCUT2D eigenvalue weighted by molar-refractivity contribution is 0.0935. The van der Waals surface area contributed by atoms with Gasteiger partial charge in [0.15, 0.2) is 10.9 Å². The molecule has 3 fully saturated rings. The highest BCUT2D eigenvalue weighted by atomic mass is 32.1. The first-order chi connectivity index (χ1) is 38.0. The molecule has 6 heterocycles. The van der Waals surface area contributed by atoms with Gasteiger partial charge in [-0.15, -0.1) is 0 Å². The first kappa shape index (κ1) is 53.7. The second-order valence-electron chi connectivity index (χ2n) is 24.1. The van der Waals surface area contributed by atoms with Crippen LogP contribution in [-0.2, 0) is 19.4 Å². The Morgan fingerprint density at radius 1 is 0.797 bits per heavy atom. The number of aromatic nitrogens is 3. The summed E-state index contributed by atoms with van der Waals surface area (Å²) in [6, 6.07) is 29.2. The maximum atomic E-state index is 15.9. The Labute approximate surface area is 470 Å². The van der Waals surface area contributed by atoms with Gasteiger partial charge in [-0.1, -0.05) is 133 Å². The molecule has 11 heteroatoms. The molecule has 1 saturated carbocycles. The zero-order chi connectivity index (χ0) is 55.3. The lowest BCUT2D eigenvalue weighted by atomic mass is 9.77. The van der Waals surface area contributed by atoms with Crippen LogP contribution in [0.2, 0.25) is 0 Å². The summed E-state index contributed by atoms with van der Waals surface area (Å²) in [4.78, 5) is 31.5. The normalized spacial score (nSPS) is 18.9. The summed E-state index contributed by atoms with van der Waals surface area (Å²) in [5.74, 6) is 1.98. The monoisotopic (exact) mass is 1070 g/mol. The van der Waals surface area contributed by atoms with Gasteiger partial charge in [0.2, 0.25) is 0 Å². The lowest BCUT2D eigenvalue weighted by Gasteiger charge is -2.39. The van der Waals surface area contributed by atoms with E-state index in [0.717, 1.165) is 148 Å². The number of hydrogen-bond acceptors (Lipinski definition) is 9. The van der Waals surface area contributed by atoms with Gasteiger partial charge in [-0.25, -0.2) is 14.4 Å². The fourth-order valence-electron chi connectivity index (χ4n) is 13.0. The van der Waals surface area contributed by atoms with Crippen molar-refractivity contribution in [1.82, 2.24) is 24.8 Å². The van der Waals surface area contributed by atoms with Crippen LogP contribution < -0.4 is 31.1 Å². The van der Waals surface area contributed by atoms with Gasteiger partial charge in [0.05, 0.1) is 21.9 Å². The fourth-order valence-corrected chi connectivity index (χ4v) is 13.9. The van der Waals surface area contributed by atoms with Crippen LogP contribution in [0.4, 0.5) is 21.0 Å². The highest BCUT2D eigenvalue weighted by Crippen LogP contribution is 2.39. The number of fused-ring (bicyclic) bond motifs is 3. The van der Waals surface area contributed by atoms with E-state index in [0.29, 0.717) is 36.2 Å². The molecular weight excluding hydrogens is 996 g/mol. The highest BCUT2D eigenvalue weighted by Gasteiger charge is 2.30. The van der Waals surface area contributed by atoms with E-state index >= 15 is 4.39 Å². The van der Waals surface area contributed by atoms with Crippen LogP contribution in [-0.4, -0.2) is 57.9 Å². The molecule has 7 aromatic rings. The van der Waals surface area contributed by atoms with E-state index in [1.807, 2.05) is 24.3 Å². The molecule has 2 N–H and O–H groups in total. The second kappa shape index (κ2) is 22.1. The fraction of sp³-hybridized carbons (Fsp3) is 0.368. The van der Waals surface area contributed by atoms with Gasteiger partial charge < -0.3 is 29.9 Å². The first-order valence-electron chi connectivity index (χ1n) is 28.6. The quantitative estimate of drug-likeness (QED) is 0.0983. The van der Waals surface area contributed by atoms with Crippen LogP contribution in [0.3, 0.4) is 0 Å². The standard InChI is InChI=1S/C68H77FN8OS/c1-42-21-29-61(46(5)70-42)77-47(6)56-38-59(69)62(39-57(56)48(77)7)75-35-33-74(34-36-75)43(2)22-23-49-24-26-50(27-25-49)37-52-16-14-17-53(44(52)3)55-28-30-65(73-66(55)63(78)40-68(8,9)10)76-32-31-51-15-13-18-54(58(51)41-76)45(4)71-67-72-60-19-11-12-20-64(60)79-67/h11-20,28,30,38-39,49-50,61,70H,1-2,4-7,21-27,29,31-37,40-41H2,3,8-10H3,(H,71,72). The van der Waals surface area contributed by atoms with Gasteiger partial charge >= 0.3 is 0 Å². The zero-order valence-electron chi connectivity index (χ0n) is 47.0. The number of carbonyl (C=O) groups excluding carboxylic acids is 1. The van der Waals surface area contributed by atoms with Crippen LogP contribution >= 0.6 is 11.3 Å². The van der Waals surface area contributed by atoms with Crippen molar-refractivity contribution in [2.24, 2.45) is 17.3 Å². The molecule has 4 aromatic carbocycles. The molecule has 1 atom stereocenters. The van der Waals surface area contributed by atoms with E-state index in [4.69, 9.17) is 9.97 Å². The first-order valence-corrected chi connectivity index (χ1v) is 29.4. The zero-order valence-corrected chi connectivity index (χ0v) is 47.8. The Morgan fingerprint density at radius 2 is 1.53 bits per heavy atom. The topological polar surface area (TPSA) is 81.6 Å². The summed E-state index contributed by atoms with van der Waals surface area (Å²) in [5, 5.41) is 11.0. The van der Waals surface area contributed by atoms with E-state index in [-0.39, 0.29) is 23.1 Å². The van der Waals surface area contributed by atoms with Crippen molar-refractivity contribution in [3.8, 4) is 11.1 Å². The van der Waals surface area contributed by atoms with E-state index in [1.54, 1.807) is 17.4 Å². The van der Waals surface area contributed by atoms with E-state index in [2.05, 4.69) is 152 Å². The van der Waals surface area contributed by atoms with E-state index in [9.17, 15) is 4.79 Å². The van der Waals surface area contributed by atoms with Crippen LogP contribution in [0, 0.1) is 30.0 Å². The Kier molecular flexibility index (Phi) is 15.1. The molecule has 1 unspecified atom stereocenters. The molecule has 0 bridgehead atoms. The number of piperazine rings is 1. The van der Waals surface area contributed by atoms with Gasteiger partial charge in [-0.3, -0.25) is 4.79 Å². The van der Waals surface area contributed by atoms with Crippen molar-refractivity contribution in [1.29, 1.82) is 0 Å². The smallest absolute Gasteiger partial charge is 0.188 e. The van der Waals surface area contributed by atoms with Crippen LogP contribution in [0.5, 0.6) is 0 Å². The van der Waals surface area contributed by atoms with Crippen molar-refractivity contribution in [2.45, 2.75) is 111 Å². The number of rotatable bonds is 15. The molecule has 9 nitrogen and oxygen atoms in total. The third-order valence-electron chi connectivity index (χ3n) is 17.5. The SMILES string of the molecule is C=C1CCC(n2c(=C)c3cc(F)c(N4CCN(C(=C)CCC5CCC(Cc6cccc(-c7ccc(N8CCc9cccc(C(=C)Nc%10nc%11ccccc%11s%10)c9C8)nc7C(=O)CC(C)(C)C)c6C)CC5)CC4)cc3c2=C)C(=C)N1. The van der Waals surface area contributed by atoms with Crippen LogP contribution in [0.1, 0.15) is 123 Å². The molecular formula is C68H77FN8OS. The molecule has 79 heavy (non-hydrogen) atoms. The van der Waals surface area contributed by atoms with Crippen molar-refractivity contribution >= 4 is 73.6 Å². The summed E-state index contributed by atoms with van der Waals surface area (Å²) >= 11 is 1.63. The Balaban J connectivity index is 0.706. The van der Waals surface area contributed by atoms with E-state index < -0.39 is 0 Å². The number of carbonyl (C=O) groups is 1. The Morgan fingerprint density at radius 3 is 2.28 bits per heavy atom. The average Bonchev–Trinajstić information content (AvgIpc) is 4.18. The number of nitrogens with one attached hydrogen (secondary N) is 2. The predicted molar refractivity (Wildman–Crippen MR) is 329 cm³/mol. The predicted octanol–water partition coefficient (Wildman–Crippen LogP) is 14.3. The summed E-state index contributed by atoms with van der Waals surface area (Å²) < 4.78 is 19.2. The van der Waals surface area contributed by atoms with Crippen molar-refractivity contribution < 1.29 is 9.18 Å². The van der Waals surface area contributed by atoms with Gasteiger partial charge in [0, 0.05) is 101 Å². The number of benzene rings is 4. The number of allylic oxidation sites excluding steroid dienone is 3. The number of anilines is 3. The number of Topliss-reactive ketones (excluding diaryl/α,β-unsaturated/α-hetero) is 1. The summed E-state index contributed by atoms with van der Waals surface area (Å²) in [6.07, 6.45) is 11.0. The van der Waals surface area contributed by atoms with Crippen molar-refractivity contribution in [2.75, 3.05) is 47.8 Å². The number of halogens is 1. The molecule has 0 amide bonds. The number of ketones is 1. The minimum absolute atomic E-state index is 0.00217. The summed E-state index contributed by atoms with van der Waals surface area (Å²) in [7, 11) is 0. The molecule has 408 valence electrons. The Hall–Kier alpha value is -7.24. The number of thiazole rings is 1. The van der Waals surface area contributed by atoms with E-state index in [1.165, 1.54) is 53.6 Å². The molecule has 3 aliphatic heterocycles. The minimum Gasteiger partial charge on any atom is -0.372 e. The average molecular weight is 1070 g/mol. The van der Waals surface area contributed by atoms with Crippen LogP contribution in [0.15, 0.2) is 128 Å². The Bertz CT molecular complexity index is 3630. The molecule has 4 aliphatic rings. The maximum Gasteiger partial charge on any atom is 0.188 e. The summed E-state index contributed by atoms with van der Waals surface area (Å²) in [6.45, 7) is 39.4.